The van der Waals surface area contributed by atoms with Gasteiger partial charge in [-0.1, -0.05) is 23.2 Å². The number of halogens is 3. The Labute approximate surface area is 134 Å². The van der Waals surface area contributed by atoms with E-state index in [1.807, 2.05) is 6.07 Å². The highest BCUT2D eigenvalue weighted by atomic mass is 35.5. The fourth-order valence-electron chi connectivity index (χ4n) is 2.10. The normalized spacial score (nSPS) is 10.8. The summed E-state index contributed by atoms with van der Waals surface area (Å²) in [6.45, 7) is 0. The molecule has 0 bridgehead atoms. The number of nitrogens with zero attached hydrogens (tertiary/aromatic N) is 2. The maximum absolute atomic E-state index is 13.7. The molecule has 0 saturated heterocycles. The number of aromatic nitrogens is 2. The van der Waals surface area contributed by atoms with Crippen LogP contribution in [0.3, 0.4) is 0 Å². The van der Waals surface area contributed by atoms with Gasteiger partial charge in [0.15, 0.2) is 4.77 Å². The molecule has 0 spiro atoms. The highest BCUT2D eigenvalue weighted by Gasteiger charge is 2.13. The SMILES string of the molecule is N#Cc1ccc(-n2c(=S)[nH]c3cc(Cl)c(F)cc32)c(Cl)c1. The number of benzene rings is 2. The van der Waals surface area contributed by atoms with Gasteiger partial charge in [0, 0.05) is 6.07 Å². The van der Waals surface area contributed by atoms with Crippen molar-refractivity contribution in [2.45, 2.75) is 0 Å². The van der Waals surface area contributed by atoms with E-state index in [0.717, 1.165) is 0 Å². The van der Waals surface area contributed by atoms with Crippen molar-refractivity contribution in [2.75, 3.05) is 0 Å². The fraction of sp³-hybridized carbons (Fsp3) is 0. The van der Waals surface area contributed by atoms with E-state index >= 15 is 0 Å². The molecule has 7 heteroatoms. The van der Waals surface area contributed by atoms with Gasteiger partial charge in [-0.05, 0) is 36.5 Å². The first kappa shape index (κ1) is 14.1. The summed E-state index contributed by atoms with van der Waals surface area (Å²) in [5, 5.41) is 9.23. The van der Waals surface area contributed by atoms with Crippen LogP contribution in [0.4, 0.5) is 4.39 Å². The van der Waals surface area contributed by atoms with Crippen molar-refractivity contribution in [3.05, 3.63) is 56.5 Å². The third kappa shape index (κ3) is 2.32. The van der Waals surface area contributed by atoms with E-state index in [-0.39, 0.29) is 5.02 Å². The van der Waals surface area contributed by atoms with Gasteiger partial charge in [0.05, 0.1) is 38.4 Å². The Bertz CT molecular complexity index is 969. The first-order chi connectivity index (χ1) is 10.0. The number of nitrogens with one attached hydrogen (secondary N) is 1. The van der Waals surface area contributed by atoms with Crippen LogP contribution in [0, 0.1) is 21.9 Å². The topological polar surface area (TPSA) is 44.5 Å². The number of fused-ring (bicyclic) bond motifs is 1. The van der Waals surface area contributed by atoms with Crippen molar-refractivity contribution in [1.29, 1.82) is 5.26 Å². The minimum atomic E-state index is -0.545. The lowest BCUT2D eigenvalue weighted by Gasteiger charge is -2.07. The zero-order chi connectivity index (χ0) is 15.1. The number of hydrogen-bond donors (Lipinski definition) is 1. The van der Waals surface area contributed by atoms with Crippen LogP contribution in [0.2, 0.25) is 10.0 Å². The number of H-pyrrole nitrogens is 1. The lowest BCUT2D eigenvalue weighted by molar-refractivity contribution is 0.629. The molecular formula is C14H6Cl2FN3S. The van der Waals surface area contributed by atoms with E-state index in [2.05, 4.69) is 4.98 Å². The van der Waals surface area contributed by atoms with E-state index in [9.17, 15) is 4.39 Å². The van der Waals surface area contributed by atoms with Crippen LogP contribution in [0.1, 0.15) is 5.56 Å². The molecular weight excluding hydrogens is 332 g/mol. The predicted molar refractivity (Wildman–Crippen MR) is 83.2 cm³/mol. The molecule has 104 valence electrons. The fourth-order valence-corrected chi connectivity index (χ4v) is 2.83. The summed E-state index contributed by atoms with van der Waals surface area (Å²) in [7, 11) is 0. The second-order valence-corrected chi connectivity index (χ2v) is 5.53. The van der Waals surface area contributed by atoms with Gasteiger partial charge < -0.3 is 4.98 Å². The van der Waals surface area contributed by atoms with E-state index in [1.165, 1.54) is 18.2 Å². The third-order valence-corrected chi connectivity index (χ3v) is 3.92. The van der Waals surface area contributed by atoms with Gasteiger partial charge in [0.1, 0.15) is 5.82 Å². The Hall–Kier alpha value is -1.87. The van der Waals surface area contributed by atoms with E-state index < -0.39 is 5.82 Å². The average Bonchev–Trinajstić information content (AvgIpc) is 2.75. The maximum Gasteiger partial charge on any atom is 0.182 e. The van der Waals surface area contributed by atoms with Crippen molar-refractivity contribution in [1.82, 2.24) is 9.55 Å². The van der Waals surface area contributed by atoms with Crippen LogP contribution in [0.25, 0.3) is 16.7 Å². The minimum Gasteiger partial charge on any atom is -0.330 e. The molecule has 0 atom stereocenters. The first-order valence-electron chi connectivity index (χ1n) is 5.81. The Kier molecular flexibility index (Phi) is 3.46. The lowest BCUT2D eigenvalue weighted by Crippen LogP contribution is -1.96. The molecule has 3 nitrogen and oxygen atoms in total. The maximum atomic E-state index is 13.7. The van der Waals surface area contributed by atoms with Gasteiger partial charge in [0.2, 0.25) is 0 Å². The Morgan fingerprint density at radius 2 is 1.95 bits per heavy atom. The molecule has 0 aliphatic carbocycles. The molecule has 3 rings (SSSR count). The van der Waals surface area contributed by atoms with Crippen LogP contribution in [0.5, 0.6) is 0 Å². The predicted octanol–water partition coefficient (Wildman–Crippen LogP) is 5.01. The number of imidazole rings is 1. The van der Waals surface area contributed by atoms with Crippen LogP contribution in [-0.4, -0.2) is 9.55 Å². The molecule has 1 heterocycles. The molecule has 0 aliphatic rings. The molecule has 1 aromatic heterocycles. The summed E-state index contributed by atoms with van der Waals surface area (Å²) in [6.07, 6.45) is 0. The quantitative estimate of drug-likeness (QED) is 0.634. The Morgan fingerprint density at radius 1 is 1.19 bits per heavy atom. The largest absolute Gasteiger partial charge is 0.330 e. The van der Waals surface area contributed by atoms with Crippen molar-refractivity contribution in [2.24, 2.45) is 0 Å². The zero-order valence-corrected chi connectivity index (χ0v) is 12.7. The summed E-state index contributed by atoms with van der Waals surface area (Å²) in [6, 6.07) is 9.58. The molecule has 3 aromatic rings. The molecule has 0 aliphatic heterocycles. The number of aromatic amines is 1. The van der Waals surface area contributed by atoms with Gasteiger partial charge in [-0.3, -0.25) is 4.57 Å². The molecule has 0 radical (unpaired) electrons. The van der Waals surface area contributed by atoms with Gasteiger partial charge in [0.25, 0.3) is 0 Å². The summed E-state index contributed by atoms with van der Waals surface area (Å²) in [5.41, 5.74) is 2.12. The van der Waals surface area contributed by atoms with Crippen LogP contribution in [-0.2, 0) is 0 Å². The van der Waals surface area contributed by atoms with Gasteiger partial charge >= 0.3 is 0 Å². The van der Waals surface area contributed by atoms with Crippen molar-refractivity contribution >= 4 is 46.5 Å². The van der Waals surface area contributed by atoms with E-state index in [4.69, 9.17) is 40.7 Å². The third-order valence-electron chi connectivity index (χ3n) is 3.04. The second-order valence-electron chi connectivity index (χ2n) is 4.33. The number of rotatable bonds is 1. The second kappa shape index (κ2) is 5.15. The minimum absolute atomic E-state index is 0.0109. The van der Waals surface area contributed by atoms with Gasteiger partial charge in [-0.25, -0.2) is 4.39 Å². The van der Waals surface area contributed by atoms with Gasteiger partial charge in [-0.15, -0.1) is 0 Å². The first-order valence-corrected chi connectivity index (χ1v) is 6.97. The molecule has 2 aromatic carbocycles. The van der Waals surface area contributed by atoms with Crippen molar-refractivity contribution in [3.63, 3.8) is 0 Å². The molecule has 0 saturated carbocycles. The van der Waals surface area contributed by atoms with E-state index in [0.29, 0.717) is 32.1 Å². The molecule has 0 fully saturated rings. The zero-order valence-electron chi connectivity index (χ0n) is 10.3. The summed E-state index contributed by atoms with van der Waals surface area (Å²) in [4.78, 5) is 2.95. The number of hydrogen-bond acceptors (Lipinski definition) is 2. The summed E-state index contributed by atoms with van der Waals surface area (Å²) < 4.78 is 15.7. The summed E-state index contributed by atoms with van der Waals surface area (Å²) >= 11 is 17.2. The lowest BCUT2D eigenvalue weighted by atomic mass is 10.2. The molecule has 0 unspecified atom stereocenters. The molecule has 0 amide bonds. The average molecular weight is 338 g/mol. The van der Waals surface area contributed by atoms with Crippen LogP contribution < -0.4 is 0 Å². The van der Waals surface area contributed by atoms with Crippen molar-refractivity contribution < 1.29 is 4.39 Å². The molecule has 21 heavy (non-hydrogen) atoms. The van der Waals surface area contributed by atoms with E-state index in [1.54, 1.807) is 16.7 Å². The highest BCUT2D eigenvalue weighted by molar-refractivity contribution is 7.71. The smallest absolute Gasteiger partial charge is 0.182 e. The Balaban J connectivity index is 2.35. The number of nitriles is 1. The monoisotopic (exact) mass is 337 g/mol. The molecule has 1 N–H and O–H groups in total. The van der Waals surface area contributed by atoms with Crippen LogP contribution in [0.15, 0.2) is 30.3 Å². The summed E-state index contributed by atoms with van der Waals surface area (Å²) in [5.74, 6) is -0.545. The standard InChI is InChI=1S/C14H6Cl2FN3S/c15-8-4-11-13(5-10(8)17)20(14(21)19-11)12-2-1-7(6-18)3-9(12)16/h1-5H,(H,19,21). The highest BCUT2D eigenvalue weighted by Crippen LogP contribution is 2.29. The van der Waals surface area contributed by atoms with Crippen LogP contribution >= 0.6 is 35.4 Å². The Morgan fingerprint density at radius 3 is 2.62 bits per heavy atom. The van der Waals surface area contributed by atoms with Gasteiger partial charge in [-0.2, -0.15) is 5.26 Å². The van der Waals surface area contributed by atoms with Crippen molar-refractivity contribution in [3.8, 4) is 11.8 Å².